The summed E-state index contributed by atoms with van der Waals surface area (Å²) in [6.07, 6.45) is 12.3. The molecule has 0 N–H and O–H groups in total. The highest BCUT2D eigenvalue weighted by Crippen LogP contribution is 2.23. The summed E-state index contributed by atoms with van der Waals surface area (Å²) < 4.78 is 0. The second-order valence-corrected chi connectivity index (χ2v) is 5.11. The second kappa shape index (κ2) is 10.5. The van der Waals surface area contributed by atoms with Crippen molar-refractivity contribution in [2.24, 2.45) is 11.8 Å². The van der Waals surface area contributed by atoms with E-state index < -0.39 is 0 Å². The van der Waals surface area contributed by atoms with Crippen molar-refractivity contribution in [3.8, 4) is 0 Å². The lowest BCUT2D eigenvalue weighted by atomic mass is 9.87. The third-order valence-corrected chi connectivity index (χ3v) is 3.48. The topological polar surface area (TPSA) is 0 Å². The molecule has 0 saturated carbocycles. The Morgan fingerprint density at radius 3 is 2.27 bits per heavy atom. The van der Waals surface area contributed by atoms with Gasteiger partial charge in [0.1, 0.15) is 0 Å². The monoisotopic (exact) mass is 211 g/mol. The Balaban J connectivity index is 3.47. The summed E-state index contributed by atoms with van der Waals surface area (Å²) >= 11 is 0. The molecule has 0 bridgehead atoms. The zero-order valence-electron chi connectivity index (χ0n) is 11.2. The van der Waals surface area contributed by atoms with E-state index in [9.17, 15) is 0 Å². The van der Waals surface area contributed by atoms with E-state index >= 15 is 0 Å². The maximum absolute atomic E-state index is 3.97. The number of rotatable bonds is 10. The van der Waals surface area contributed by atoms with Crippen molar-refractivity contribution in [3.05, 3.63) is 6.92 Å². The zero-order valence-corrected chi connectivity index (χ0v) is 11.2. The van der Waals surface area contributed by atoms with Crippen LogP contribution in [0.4, 0.5) is 0 Å². The van der Waals surface area contributed by atoms with Gasteiger partial charge in [0.2, 0.25) is 0 Å². The molecule has 0 aliphatic carbocycles. The smallest absolute Gasteiger partial charge is 0.0414 e. The van der Waals surface area contributed by atoms with Gasteiger partial charge in [0.15, 0.2) is 0 Å². The van der Waals surface area contributed by atoms with Crippen LogP contribution in [0.2, 0.25) is 0 Å². The maximum atomic E-state index is 3.97. The van der Waals surface area contributed by atoms with Gasteiger partial charge >= 0.3 is 0 Å². The molecule has 0 aromatic heterocycles. The third-order valence-electron chi connectivity index (χ3n) is 3.48. The Hall–Kier alpha value is 0. The minimum absolute atomic E-state index is 0.929. The lowest BCUT2D eigenvalue weighted by molar-refractivity contribution is 0.340. The van der Waals surface area contributed by atoms with E-state index in [2.05, 4.69) is 27.7 Å². The van der Waals surface area contributed by atoms with Gasteiger partial charge < -0.3 is 0 Å². The summed E-state index contributed by atoms with van der Waals surface area (Å²) in [6.45, 7) is 11.0. The molecule has 0 aliphatic rings. The van der Waals surface area contributed by atoms with E-state index in [-0.39, 0.29) is 0 Å². The molecule has 1 radical (unpaired) electrons. The molecular weight excluding hydrogens is 180 g/mol. The largest absolute Gasteiger partial charge is 0.0654 e. The third kappa shape index (κ3) is 8.96. The normalized spacial score (nSPS) is 15.2. The van der Waals surface area contributed by atoms with Crippen LogP contribution in [0.15, 0.2) is 0 Å². The highest BCUT2D eigenvalue weighted by Gasteiger charge is 2.10. The first-order valence-electron chi connectivity index (χ1n) is 7.03. The van der Waals surface area contributed by atoms with Crippen molar-refractivity contribution in [2.45, 2.75) is 78.6 Å². The predicted octanol–water partition coefficient (Wildman–Crippen LogP) is 5.62. The Kier molecular flexibility index (Phi) is 10.5. The van der Waals surface area contributed by atoms with Crippen LogP contribution in [-0.2, 0) is 0 Å². The van der Waals surface area contributed by atoms with Gasteiger partial charge in [0.25, 0.3) is 0 Å². The van der Waals surface area contributed by atoms with Crippen molar-refractivity contribution in [1.82, 2.24) is 0 Å². The van der Waals surface area contributed by atoms with E-state index in [1.165, 1.54) is 51.4 Å². The highest BCUT2D eigenvalue weighted by molar-refractivity contribution is 4.63. The zero-order chi connectivity index (χ0) is 11.5. The Labute approximate surface area is 97.8 Å². The van der Waals surface area contributed by atoms with E-state index in [1.807, 2.05) is 0 Å². The standard InChI is InChI=1S/C15H31/c1-5-8-9-10-12-14(4)13-15(7-3)11-6-2/h14-15H,2,5-13H2,1,3-4H3. The Bertz CT molecular complexity index is 117. The molecule has 0 heterocycles. The van der Waals surface area contributed by atoms with Gasteiger partial charge in [-0.05, 0) is 18.3 Å². The SMILES string of the molecule is [CH2]CCC(CC)CC(C)CCCCCC. The second-order valence-electron chi connectivity index (χ2n) is 5.11. The van der Waals surface area contributed by atoms with Crippen LogP contribution in [0.3, 0.4) is 0 Å². The van der Waals surface area contributed by atoms with Crippen molar-refractivity contribution in [2.75, 3.05) is 0 Å². The molecule has 0 aromatic carbocycles. The summed E-state index contributed by atoms with van der Waals surface area (Å²) in [5, 5.41) is 0. The van der Waals surface area contributed by atoms with Crippen molar-refractivity contribution >= 4 is 0 Å². The lowest BCUT2D eigenvalue weighted by Gasteiger charge is -2.19. The lowest BCUT2D eigenvalue weighted by Crippen LogP contribution is -2.05. The minimum atomic E-state index is 0.929. The Morgan fingerprint density at radius 1 is 1.00 bits per heavy atom. The first kappa shape index (κ1) is 15.0. The molecule has 0 fully saturated rings. The molecule has 2 atom stereocenters. The summed E-state index contributed by atoms with van der Waals surface area (Å²) in [5.74, 6) is 1.86. The van der Waals surface area contributed by atoms with E-state index in [1.54, 1.807) is 0 Å². The van der Waals surface area contributed by atoms with E-state index in [4.69, 9.17) is 0 Å². The molecule has 0 aliphatic heterocycles. The molecule has 15 heavy (non-hydrogen) atoms. The van der Waals surface area contributed by atoms with Crippen LogP contribution in [0, 0.1) is 18.8 Å². The molecule has 0 amide bonds. The first-order valence-corrected chi connectivity index (χ1v) is 7.03. The van der Waals surface area contributed by atoms with Crippen molar-refractivity contribution < 1.29 is 0 Å². The molecule has 2 unspecified atom stereocenters. The predicted molar refractivity (Wildman–Crippen MR) is 70.9 cm³/mol. The summed E-state index contributed by atoms with van der Waals surface area (Å²) in [5.41, 5.74) is 0. The summed E-state index contributed by atoms with van der Waals surface area (Å²) in [6, 6.07) is 0. The molecule has 0 nitrogen and oxygen atoms in total. The summed E-state index contributed by atoms with van der Waals surface area (Å²) in [7, 11) is 0. The fourth-order valence-corrected chi connectivity index (χ4v) is 2.38. The van der Waals surface area contributed by atoms with Crippen molar-refractivity contribution in [3.63, 3.8) is 0 Å². The quantitative estimate of drug-likeness (QED) is 0.411. The fourth-order valence-electron chi connectivity index (χ4n) is 2.38. The molecule has 0 rings (SSSR count). The van der Waals surface area contributed by atoms with Crippen LogP contribution in [0.25, 0.3) is 0 Å². The Morgan fingerprint density at radius 2 is 1.73 bits per heavy atom. The van der Waals surface area contributed by atoms with Crippen LogP contribution in [0.1, 0.15) is 78.6 Å². The van der Waals surface area contributed by atoms with Gasteiger partial charge in [0, 0.05) is 0 Å². The number of hydrogen-bond acceptors (Lipinski definition) is 0. The number of unbranched alkanes of at least 4 members (excludes halogenated alkanes) is 3. The van der Waals surface area contributed by atoms with Gasteiger partial charge in [-0.3, -0.25) is 0 Å². The molecule has 0 saturated heterocycles. The van der Waals surface area contributed by atoms with Crippen molar-refractivity contribution in [1.29, 1.82) is 0 Å². The average Bonchev–Trinajstić information content (AvgIpc) is 2.24. The first-order chi connectivity index (χ1) is 7.24. The maximum Gasteiger partial charge on any atom is -0.0414 e. The molecule has 0 spiro atoms. The van der Waals surface area contributed by atoms with Gasteiger partial charge in [-0.15, -0.1) is 0 Å². The molecule has 0 heteroatoms. The highest BCUT2D eigenvalue weighted by atomic mass is 14.2. The van der Waals surface area contributed by atoms with Gasteiger partial charge in [-0.25, -0.2) is 0 Å². The van der Waals surface area contributed by atoms with E-state index in [0.717, 1.165) is 18.3 Å². The fraction of sp³-hybridized carbons (Fsp3) is 0.933. The average molecular weight is 211 g/mol. The van der Waals surface area contributed by atoms with E-state index in [0.29, 0.717) is 0 Å². The van der Waals surface area contributed by atoms with Crippen LogP contribution >= 0.6 is 0 Å². The minimum Gasteiger partial charge on any atom is -0.0654 e. The van der Waals surface area contributed by atoms with Crippen LogP contribution in [0.5, 0.6) is 0 Å². The van der Waals surface area contributed by atoms with Crippen LogP contribution in [-0.4, -0.2) is 0 Å². The molecule has 0 aromatic rings. The van der Waals surface area contributed by atoms with Gasteiger partial charge in [-0.1, -0.05) is 79.1 Å². The van der Waals surface area contributed by atoms with Crippen LogP contribution < -0.4 is 0 Å². The number of hydrogen-bond donors (Lipinski definition) is 0. The summed E-state index contributed by atoms with van der Waals surface area (Å²) in [4.78, 5) is 0. The molecular formula is C15H31. The van der Waals surface area contributed by atoms with Gasteiger partial charge in [0.05, 0.1) is 0 Å². The molecule has 91 valence electrons. The van der Waals surface area contributed by atoms with Gasteiger partial charge in [-0.2, -0.15) is 0 Å².